The molecule has 3 aliphatic heterocycles. The Hall–Kier alpha value is -0.640. The minimum Gasteiger partial charge on any atom is -0.394 e. The molecule has 3 rings (SSSR count). The SMILES string of the molecule is CO[C@@H]1OC(CO)[C@H](O[C@@H]2OC(CO)[C@H](O)[C@H](O[C@@H]3OC(CO)[C@H](O)[C@H](O)C3O)C2O)[C@H](O)C1O. The van der Waals surface area contributed by atoms with Gasteiger partial charge in [0.25, 0.3) is 0 Å². The first kappa shape index (κ1) is 28.9. The lowest BCUT2D eigenvalue weighted by Gasteiger charge is -2.48. The molecule has 3 aliphatic rings. The summed E-state index contributed by atoms with van der Waals surface area (Å²) in [7, 11) is 1.21. The van der Waals surface area contributed by atoms with Gasteiger partial charge in [0.15, 0.2) is 18.9 Å². The predicted octanol–water partition coefficient (Wildman–Crippen LogP) is -6.92. The molecule has 0 aliphatic carbocycles. The van der Waals surface area contributed by atoms with E-state index >= 15 is 0 Å². The van der Waals surface area contributed by atoms with Crippen LogP contribution in [0.25, 0.3) is 0 Å². The molecule has 0 aromatic rings. The molecule has 206 valence electrons. The van der Waals surface area contributed by atoms with Gasteiger partial charge in [-0.25, -0.2) is 0 Å². The molecule has 35 heavy (non-hydrogen) atoms. The lowest BCUT2D eigenvalue weighted by Crippen LogP contribution is -2.66. The number of aliphatic hydroxyl groups is 10. The average Bonchev–Trinajstić information content (AvgIpc) is 2.86. The highest BCUT2D eigenvalue weighted by Crippen LogP contribution is 2.32. The highest BCUT2D eigenvalue weighted by atomic mass is 16.8. The van der Waals surface area contributed by atoms with E-state index in [1.807, 2.05) is 0 Å². The van der Waals surface area contributed by atoms with Crippen LogP contribution < -0.4 is 0 Å². The summed E-state index contributed by atoms with van der Waals surface area (Å²) in [5, 5.41) is 101. The Balaban J connectivity index is 1.78. The van der Waals surface area contributed by atoms with Crippen molar-refractivity contribution in [3.05, 3.63) is 0 Å². The molecule has 3 heterocycles. The van der Waals surface area contributed by atoms with Crippen molar-refractivity contribution in [1.82, 2.24) is 0 Å². The van der Waals surface area contributed by atoms with Gasteiger partial charge < -0.3 is 79.5 Å². The van der Waals surface area contributed by atoms with E-state index in [1.165, 1.54) is 7.11 Å². The van der Waals surface area contributed by atoms with Crippen molar-refractivity contribution in [2.45, 2.75) is 92.1 Å². The Labute approximate surface area is 199 Å². The van der Waals surface area contributed by atoms with Gasteiger partial charge in [0.2, 0.25) is 0 Å². The van der Waals surface area contributed by atoms with Crippen LogP contribution in [0, 0.1) is 0 Å². The van der Waals surface area contributed by atoms with Gasteiger partial charge in [-0.3, -0.25) is 0 Å². The molecule has 16 heteroatoms. The minimum atomic E-state index is -1.87. The van der Waals surface area contributed by atoms with E-state index in [0.717, 1.165) is 0 Å². The maximum Gasteiger partial charge on any atom is 0.187 e. The molecule has 0 spiro atoms. The predicted molar refractivity (Wildman–Crippen MR) is 106 cm³/mol. The van der Waals surface area contributed by atoms with Gasteiger partial charge in [0, 0.05) is 7.11 Å². The van der Waals surface area contributed by atoms with Gasteiger partial charge in [-0.05, 0) is 0 Å². The summed E-state index contributed by atoms with van der Waals surface area (Å²) in [5.74, 6) is 0. The largest absolute Gasteiger partial charge is 0.394 e. The normalized spacial score (nSPS) is 51.3. The summed E-state index contributed by atoms with van der Waals surface area (Å²) < 4.78 is 31.9. The highest BCUT2D eigenvalue weighted by molar-refractivity contribution is 4.96. The quantitative estimate of drug-likeness (QED) is 0.143. The van der Waals surface area contributed by atoms with E-state index in [9.17, 15) is 51.1 Å². The summed E-state index contributed by atoms with van der Waals surface area (Å²) in [4.78, 5) is 0. The standard InChI is InChI=1S/C19H34O16/c1-30-17-13(28)11(26)15(7(4-22)33-17)34-19-14(29)16(9(24)6(3-21)32-19)35-18-12(27)10(25)8(23)5(2-20)31-18/h5-29H,2-4H2,1H3/t5?,6?,7?,8-,9-,10-,11+,12?,13?,14?,15-,16-,17+,18-,19-/m0/s1. The van der Waals surface area contributed by atoms with Crippen LogP contribution in [0.2, 0.25) is 0 Å². The first-order valence-electron chi connectivity index (χ1n) is 11.0. The summed E-state index contributed by atoms with van der Waals surface area (Å²) in [6.07, 6.45) is -24.1. The number of hydrogen-bond acceptors (Lipinski definition) is 16. The molecule has 15 atom stereocenters. The number of ether oxygens (including phenoxy) is 6. The Kier molecular flexibility index (Phi) is 10.1. The van der Waals surface area contributed by atoms with E-state index in [0.29, 0.717) is 0 Å². The van der Waals surface area contributed by atoms with Crippen LogP contribution in [-0.4, -0.2) is 170 Å². The van der Waals surface area contributed by atoms with Crippen LogP contribution in [0.5, 0.6) is 0 Å². The highest BCUT2D eigenvalue weighted by Gasteiger charge is 2.53. The van der Waals surface area contributed by atoms with Gasteiger partial charge in [0.05, 0.1) is 19.8 Å². The van der Waals surface area contributed by atoms with E-state index in [4.69, 9.17) is 28.4 Å². The zero-order valence-electron chi connectivity index (χ0n) is 18.7. The van der Waals surface area contributed by atoms with Crippen LogP contribution in [0.1, 0.15) is 0 Å². The third-order valence-electron chi connectivity index (χ3n) is 6.31. The van der Waals surface area contributed by atoms with E-state index in [2.05, 4.69) is 0 Å². The van der Waals surface area contributed by atoms with Crippen LogP contribution in [-0.2, 0) is 28.4 Å². The minimum absolute atomic E-state index is 0.687. The van der Waals surface area contributed by atoms with Crippen molar-refractivity contribution < 1.29 is 79.5 Å². The van der Waals surface area contributed by atoms with Crippen LogP contribution in [0.15, 0.2) is 0 Å². The summed E-state index contributed by atoms with van der Waals surface area (Å²) >= 11 is 0. The zero-order valence-corrected chi connectivity index (χ0v) is 18.7. The zero-order chi connectivity index (χ0) is 26.0. The molecule has 0 aromatic carbocycles. The fraction of sp³-hybridized carbons (Fsp3) is 1.00. The lowest BCUT2D eigenvalue weighted by atomic mass is 9.96. The van der Waals surface area contributed by atoms with Crippen molar-refractivity contribution in [3.63, 3.8) is 0 Å². The average molecular weight is 518 g/mol. The van der Waals surface area contributed by atoms with Crippen molar-refractivity contribution in [3.8, 4) is 0 Å². The molecule has 3 saturated heterocycles. The number of rotatable bonds is 8. The smallest absolute Gasteiger partial charge is 0.187 e. The summed E-state index contributed by atoms with van der Waals surface area (Å²) in [6, 6.07) is 0. The Morgan fingerprint density at radius 1 is 0.486 bits per heavy atom. The Bertz CT molecular complexity index is 652. The van der Waals surface area contributed by atoms with Gasteiger partial charge in [-0.1, -0.05) is 0 Å². The fourth-order valence-electron chi connectivity index (χ4n) is 4.23. The first-order valence-corrected chi connectivity index (χ1v) is 11.0. The number of hydrogen-bond donors (Lipinski definition) is 10. The lowest BCUT2D eigenvalue weighted by molar-refractivity contribution is -0.379. The number of methoxy groups -OCH3 is 1. The summed E-state index contributed by atoms with van der Waals surface area (Å²) in [5.41, 5.74) is 0. The maximum atomic E-state index is 10.8. The molecule has 0 bridgehead atoms. The van der Waals surface area contributed by atoms with Gasteiger partial charge >= 0.3 is 0 Å². The molecule has 0 amide bonds. The molecule has 10 N–H and O–H groups in total. The van der Waals surface area contributed by atoms with Crippen LogP contribution in [0.3, 0.4) is 0 Å². The van der Waals surface area contributed by atoms with Gasteiger partial charge in [-0.15, -0.1) is 0 Å². The van der Waals surface area contributed by atoms with E-state index in [-0.39, 0.29) is 0 Å². The van der Waals surface area contributed by atoms with Crippen molar-refractivity contribution in [2.24, 2.45) is 0 Å². The van der Waals surface area contributed by atoms with Crippen molar-refractivity contribution in [2.75, 3.05) is 26.9 Å². The third kappa shape index (κ3) is 5.78. The molecule has 0 radical (unpaired) electrons. The fourth-order valence-corrected chi connectivity index (χ4v) is 4.23. The molecule has 0 aromatic heterocycles. The molecular weight excluding hydrogens is 484 g/mol. The Morgan fingerprint density at radius 2 is 0.943 bits per heavy atom. The maximum absolute atomic E-state index is 10.8. The first-order chi connectivity index (χ1) is 16.6. The molecular formula is C19H34O16. The van der Waals surface area contributed by atoms with E-state index in [1.54, 1.807) is 0 Å². The van der Waals surface area contributed by atoms with Crippen LogP contribution >= 0.6 is 0 Å². The second-order valence-corrected chi connectivity index (χ2v) is 8.55. The van der Waals surface area contributed by atoms with Gasteiger partial charge in [-0.2, -0.15) is 0 Å². The van der Waals surface area contributed by atoms with Gasteiger partial charge in [0.1, 0.15) is 73.2 Å². The van der Waals surface area contributed by atoms with Crippen LogP contribution in [0.4, 0.5) is 0 Å². The number of aliphatic hydroxyl groups excluding tert-OH is 10. The third-order valence-corrected chi connectivity index (χ3v) is 6.31. The topological polar surface area (TPSA) is 258 Å². The monoisotopic (exact) mass is 518 g/mol. The molecule has 3 fully saturated rings. The second kappa shape index (κ2) is 12.3. The molecule has 6 unspecified atom stereocenters. The Morgan fingerprint density at radius 3 is 1.49 bits per heavy atom. The second-order valence-electron chi connectivity index (χ2n) is 8.55. The summed E-state index contributed by atoms with van der Waals surface area (Å²) in [6.45, 7) is -2.22. The molecule has 0 saturated carbocycles. The molecule has 16 nitrogen and oxygen atoms in total. The van der Waals surface area contributed by atoms with Crippen molar-refractivity contribution in [1.29, 1.82) is 0 Å². The van der Waals surface area contributed by atoms with Crippen molar-refractivity contribution >= 4 is 0 Å². The van der Waals surface area contributed by atoms with E-state index < -0.39 is 112 Å².